The summed E-state index contributed by atoms with van der Waals surface area (Å²) < 4.78 is 4.90. The van der Waals surface area contributed by atoms with Crippen LogP contribution in [0.15, 0.2) is 121 Å². The van der Waals surface area contributed by atoms with Crippen LogP contribution in [0.5, 0.6) is 0 Å². The normalized spacial score (nSPS) is 11.9. The number of para-hydroxylation sites is 2. The van der Waals surface area contributed by atoms with Crippen molar-refractivity contribution in [3.8, 4) is 16.9 Å². The monoisotopic (exact) mass is 476 g/mol. The number of aromatic nitrogens is 2. The van der Waals surface area contributed by atoms with E-state index in [1.807, 2.05) is 11.3 Å². The fraction of sp³-hybridized carbons (Fsp3) is 0. The van der Waals surface area contributed by atoms with Gasteiger partial charge in [0.05, 0.1) is 26.9 Å². The molecule has 0 spiro atoms. The van der Waals surface area contributed by atoms with Gasteiger partial charge in [0.1, 0.15) is 0 Å². The molecular formula is C33H20N2S. The molecule has 0 aliphatic carbocycles. The highest BCUT2D eigenvalue weighted by atomic mass is 32.1. The van der Waals surface area contributed by atoms with E-state index in [0.717, 1.165) is 22.5 Å². The van der Waals surface area contributed by atoms with Gasteiger partial charge >= 0.3 is 0 Å². The minimum absolute atomic E-state index is 1.04. The van der Waals surface area contributed by atoms with Gasteiger partial charge in [0.25, 0.3) is 0 Å². The summed E-state index contributed by atoms with van der Waals surface area (Å²) in [5.41, 5.74) is 6.86. The molecule has 0 aliphatic rings. The molecule has 0 saturated carbocycles. The fourth-order valence-corrected chi connectivity index (χ4v) is 6.76. The lowest BCUT2D eigenvalue weighted by Crippen LogP contribution is -1.94. The van der Waals surface area contributed by atoms with Crippen molar-refractivity contribution in [2.24, 2.45) is 0 Å². The summed E-state index contributed by atoms with van der Waals surface area (Å²) in [5.74, 6) is 0. The van der Waals surface area contributed by atoms with Crippen molar-refractivity contribution >= 4 is 64.2 Å². The third kappa shape index (κ3) is 2.75. The SMILES string of the molecule is c1ccc2c(c1)sc1c3ccccc3c(-c3ccc(-n4c5ccccc5c5ccccc54)cc3)nc21. The van der Waals surface area contributed by atoms with Gasteiger partial charge in [-0.05, 0) is 30.3 Å². The van der Waals surface area contributed by atoms with Crippen molar-refractivity contribution < 1.29 is 0 Å². The zero-order valence-corrected chi connectivity index (χ0v) is 20.2. The lowest BCUT2D eigenvalue weighted by Gasteiger charge is -2.11. The molecule has 0 N–H and O–H groups in total. The van der Waals surface area contributed by atoms with Gasteiger partial charge in [-0.3, -0.25) is 0 Å². The van der Waals surface area contributed by atoms with Crippen LogP contribution in [-0.2, 0) is 0 Å². The van der Waals surface area contributed by atoms with Crippen LogP contribution in [0, 0.1) is 0 Å². The fourth-order valence-electron chi connectivity index (χ4n) is 5.57. The van der Waals surface area contributed by atoms with E-state index in [0.29, 0.717) is 0 Å². The van der Waals surface area contributed by atoms with Gasteiger partial charge in [-0.25, -0.2) is 4.98 Å². The van der Waals surface area contributed by atoms with Crippen LogP contribution >= 0.6 is 11.3 Å². The Morgan fingerprint density at radius 2 is 1.06 bits per heavy atom. The van der Waals surface area contributed by atoms with Gasteiger partial charge in [-0.2, -0.15) is 0 Å². The highest BCUT2D eigenvalue weighted by Gasteiger charge is 2.16. The molecule has 3 heterocycles. The Morgan fingerprint density at radius 1 is 0.500 bits per heavy atom. The number of nitrogens with zero attached hydrogens (tertiary/aromatic N) is 2. The van der Waals surface area contributed by atoms with Crippen LogP contribution < -0.4 is 0 Å². The number of hydrogen-bond donors (Lipinski definition) is 0. The number of benzene rings is 5. The molecule has 0 unspecified atom stereocenters. The van der Waals surface area contributed by atoms with Gasteiger partial charge in [0.2, 0.25) is 0 Å². The lowest BCUT2D eigenvalue weighted by atomic mass is 10.0. The molecule has 8 aromatic rings. The maximum atomic E-state index is 5.26. The molecular weight excluding hydrogens is 456 g/mol. The van der Waals surface area contributed by atoms with Crippen molar-refractivity contribution in [2.75, 3.05) is 0 Å². The Morgan fingerprint density at radius 3 is 1.75 bits per heavy atom. The minimum atomic E-state index is 1.04. The minimum Gasteiger partial charge on any atom is -0.309 e. The van der Waals surface area contributed by atoms with E-state index in [1.165, 1.54) is 47.4 Å². The second-order valence-electron chi connectivity index (χ2n) is 9.20. The Hall–Kier alpha value is -4.47. The molecule has 5 aromatic carbocycles. The highest BCUT2D eigenvalue weighted by Crippen LogP contribution is 2.40. The third-order valence-corrected chi connectivity index (χ3v) is 8.39. The third-order valence-electron chi connectivity index (χ3n) is 7.20. The molecule has 0 bridgehead atoms. The van der Waals surface area contributed by atoms with Gasteiger partial charge in [-0.1, -0.05) is 91.0 Å². The average Bonchev–Trinajstić information content (AvgIpc) is 3.49. The summed E-state index contributed by atoms with van der Waals surface area (Å²) in [6.45, 7) is 0. The molecule has 3 heteroatoms. The number of rotatable bonds is 2. The molecule has 0 amide bonds. The van der Waals surface area contributed by atoms with Gasteiger partial charge in [0, 0.05) is 42.9 Å². The molecule has 2 nitrogen and oxygen atoms in total. The maximum Gasteiger partial charge on any atom is 0.0902 e. The second-order valence-corrected chi connectivity index (χ2v) is 10.3. The average molecular weight is 477 g/mol. The van der Waals surface area contributed by atoms with E-state index in [4.69, 9.17) is 4.98 Å². The van der Waals surface area contributed by atoms with E-state index >= 15 is 0 Å². The van der Waals surface area contributed by atoms with Crippen LogP contribution in [0.1, 0.15) is 0 Å². The molecule has 0 atom stereocenters. The quantitative estimate of drug-likeness (QED) is 0.243. The van der Waals surface area contributed by atoms with Crippen molar-refractivity contribution in [1.29, 1.82) is 0 Å². The van der Waals surface area contributed by atoms with Gasteiger partial charge < -0.3 is 4.57 Å². The Balaban J connectivity index is 1.36. The first-order valence-electron chi connectivity index (χ1n) is 12.2. The van der Waals surface area contributed by atoms with Crippen molar-refractivity contribution in [2.45, 2.75) is 0 Å². The van der Waals surface area contributed by atoms with Crippen molar-refractivity contribution in [3.63, 3.8) is 0 Å². The largest absolute Gasteiger partial charge is 0.309 e. The Kier molecular flexibility index (Phi) is 4.13. The van der Waals surface area contributed by atoms with Crippen LogP contribution in [0.4, 0.5) is 0 Å². The summed E-state index contributed by atoms with van der Waals surface area (Å²) in [5, 5.41) is 6.25. The van der Waals surface area contributed by atoms with Crippen LogP contribution in [0.2, 0.25) is 0 Å². The van der Waals surface area contributed by atoms with Crippen molar-refractivity contribution in [3.05, 3.63) is 121 Å². The van der Waals surface area contributed by atoms with E-state index < -0.39 is 0 Å². The first kappa shape index (κ1) is 19.8. The van der Waals surface area contributed by atoms with E-state index in [2.05, 4.69) is 126 Å². The summed E-state index contributed by atoms with van der Waals surface area (Å²) in [4.78, 5) is 5.26. The van der Waals surface area contributed by atoms with Gasteiger partial charge in [-0.15, -0.1) is 11.3 Å². The Bertz CT molecular complexity index is 2040. The topological polar surface area (TPSA) is 17.8 Å². The van der Waals surface area contributed by atoms with Crippen LogP contribution in [0.25, 0.3) is 69.8 Å². The predicted molar refractivity (Wildman–Crippen MR) is 154 cm³/mol. The molecule has 8 rings (SSSR count). The summed E-state index contributed by atoms with van der Waals surface area (Å²) in [6.07, 6.45) is 0. The van der Waals surface area contributed by atoms with Crippen LogP contribution in [0.3, 0.4) is 0 Å². The standard InChI is InChI=1S/C33H20N2S/c1-2-12-26-25(11-1)31(34-32-27-13-5-8-16-30(27)36-33(26)32)21-17-19-22(20-18-21)35-28-14-6-3-9-23(28)24-10-4-7-15-29(24)35/h1-20H. The van der Waals surface area contributed by atoms with E-state index in [1.54, 1.807) is 0 Å². The molecule has 0 fully saturated rings. The molecule has 0 aliphatic heterocycles. The zero-order valence-electron chi connectivity index (χ0n) is 19.3. The number of thiophene rings is 1. The summed E-state index contributed by atoms with van der Waals surface area (Å²) in [7, 11) is 0. The lowest BCUT2D eigenvalue weighted by molar-refractivity contribution is 1.18. The van der Waals surface area contributed by atoms with Crippen molar-refractivity contribution in [1.82, 2.24) is 9.55 Å². The molecule has 168 valence electrons. The first-order chi connectivity index (χ1) is 17.9. The second kappa shape index (κ2) is 7.51. The van der Waals surface area contributed by atoms with E-state index in [-0.39, 0.29) is 0 Å². The van der Waals surface area contributed by atoms with Crippen LogP contribution in [-0.4, -0.2) is 9.55 Å². The summed E-state index contributed by atoms with van der Waals surface area (Å²) >= 11 is 1.83. The molecule has 0 radical (unpaired) electrons. The van der Waals surface area contributed by atoms with E-state index in [9.17, 15) is 0 Å². The molecule has 36 heavy (non-hydrogen) atoms. The Labute approximate surface area is 211 Å². The molecule has 3 aromatic heterocycles. The predicted octanol–water partition coefficient (Wildman–Crippen LogP) is 9.37. The number of hydrogen-bond acceptors (Lipinski definition) is 2. The smallest absolute Gasteiger partial charge is 0.0902 e. The first-order valence-corrected chi connectivity index (χ1v) is 13.0. The molecule has 0 saturated heterocycles. The maximum absolute atomic E-state index is 5.26. The zero-order chi connectivity index (χ0) is 23.6. The highest BCUT2D eigenvalue weighted by molar-refractivity contribution is 7.26. The van der Waals surface area contributed by atoms with Gasteiger partial charge in [0.15, 0.2) is 0 Å². The number of fused-ring (bicyclic) bond motifs is 8. The number of pyridine rings is 1. The summed E-state index contributed by atoms with van der Waals surface area (Å²) in [6, 6.07) is 43.4.